The zero-order chi connectivity index (χ0) is 34.2. The van der Waals surface area contributed by atoms with Crippen LogP contribution in [0.25, 0.3) is 0 Å². The van der Waals surface area contributed by atoms with E-state index in [0.717, 1.165) is 69.0 Å². The molecule has 3 aromatic rings. The van der Waals surface area contributed by atoms with E-state index in [1.54, 1.807) is 0 Å². The molecule has 2 fully saturated rings. The van der Waals surface area contributed by atoms with Gasteiger partial charge in [0.25, 0.3) is 5.79 Å². The van der Waals surface area contributed by atoms with E-state index < -0.39 is 5.79 Å². The number of piperidine rings is 1. The van der Waals surface area contributed by atoms with E-state index in [2.05, 4.69) is 58.8 Å². The van der Waals surface area contributed by atoms with E-state index in [1.165, 1.54) is 5.56 Å². The first kappa shape index (κ1) is 35.3. The van der Waals surface area contributed by atoms with E-state index in [0.29, 0.717) is 55.8 Å². The van der Waals surface area contributed by atoms with Gasteiger partial charge in [-0.05, 0) is 61.6 Å². The van der Waals surface area contributed by atoms with Gasteiger partial charge in [-0.25, -0.2) is 0 Å². The molecular formula is C39H50ClN5O4. The maximum Gasteiger partial charge on any atom is 0.255 e. The number of aryl methyl sites for hydroxylation is 1. The average molecular weight is 688 g/mol. The molecule has 0 saturated carbocycles. The smallest absolute Gasteiger partial charge is 0.255 e. The fraction of sp³-hybridized carbons (Fsp3) is 0.538. The van der Waals surface area contributed by atoms with Crippen LogP contribution in [0.4, 0.5) is 0 Å². The highest BCUT2D eigenvalue weighted by Crippen LogP contribution is 2.44. The molecule has 262 valence electrons. The molecule has 0 radical (unpaired) electrons. The van der Waals surface area contributed by atoms with Crippen molar-refractivity contribution in [2.45, 2.75) is 83.7 Å². The van der Waals surface area contributed by atoms with Crippen molar-refractivity contribution in [2.24, 2.45) is 5.92 Å². The van der Waals surface area contributed by atoms with E-state index in [9.17, 15) is 4.79 Å². The normalized spacial score (nSPS) is 19.2. The zero-order valence-electron chi connectivity index (χ0n) is 29.1. The first-order valence-corrected chi connectivity index (χ1v) is 18.2. The third-order valence-electron chi connectivity index (χ3n) is 9.61. The SMILES string of the molecule is CC1CN(Cc2cnn(CCCCOCCC#Cc3ccc4c(c3)OC3(CCN(C(=O)C(c5ccc(Cl)cc5)C(C)C)CC3)O4)c2)CCN1. The van der Waals surface area contributed by atoms with Crippen LogP contribution in [0.3, 0.4) is 0 Å². The summed E-state index contributed by atoms with van der Waals surface area (Å²) in [4.78, 5) is 18.0. The number of hydrogen-bond acceptors (Lipinski definition) is 7. The lowest BCUT2D eigenvalue weighted by Gasteiger charge is -2.39. The second-order valence-electron chi connectivity index (χ2n) is 13.9. The van der Waals surface area contributed by atoms with Crippen molar-refractivity contribution in [3.63, 3.8) is 0 Å². The van der Waals surface area contributed by atoms with Gasteiger partial charge in [0.1, 0.15) is 0 Å². The number of hydrogen-bond donors (Lipinski definition) is 1. The van der Waals surface area contributed by atoms with Crippen molar-refractivity contribution in [3.8, 4) is 23.3 Å². The van der Waals surface area contributed by atoms with Crippen molar-refractivity contribution in [2.75, 3.05) is 45.9 Å². The number of aromatic nitrogens is 2. The lowest BCUT2D eigenvalue weighted by atomic mass is 9.86. The Balaban J connectivity index is 0.881. The van der Waals surface area contributed by atoms with Crippen LogP contribution in [0.1, 0.15) is 75.5 Å². The van der Waals surface area contributed by atoms with Crippen LogP contribution < -0.4 is 14.8 Å². The lowest BCUT2D eigenvalue weighted by Crippen LogP contribution is -2.52. The Morgan fingerprint density at radius 2 is 1.88 bits per heavy atom. The van der Waals surface area contributed by atoms with Crippen LogP contribution >= 0.6 is 11.6 Å². The van der Waals surface area contributed by atoms with Crippen molar-refractivity contribution in [1.29, 1.82) is 0 Å². The molecule has 9 nitrogen and oxygen atoms in total. The fourth-order valence-electron chi connectivity index (χ4n) is 7.01. The second kappa shape index (κ2) is 16.4. The first-order chi connectivity index (χ1) is 23.8. The van der Waals surface area contributed by atoms with Crippen LogP contribution in [0, 0.1) is 17.8 Å². The van der Waals surface area contributed by atoms with Gasteiger partial charge in [-0.2, -0.15) is 5.10 Å². The van der Waals surface area contributed by atoms with Crippen LogP contribution in [0.15, 0.2) is 54.9 Å². The van der Waals surface area contributed by atoms with Gasteiger partial charge >= 0.3 is 0 Å². The maximum absolute atomic E-state index is 13.6. The molecule has 2 atom stereocenters. The predicted octanol–water partition coefficient (Wildman–Crippen LogP) is 6.10. The van der Waals surface area contributed by atoms with Crippen LogP contribution in [-0.4, -0.2) is 83.3 Å². The Hall–Kier alpha value is -3.55. The first-order valence-electron chi connectivity index (χ1n) is 17.9. The molecule has 1 aromatic heterocycles. The Morgan fingerprint density at radius 1 is 1.08 bits per heavy atom. The molecule has 4 heterocycles. The second-order valence-corrected chi connectivity index (χ2v) is 14.4. The zero-order valence-corrected chi connectivity index (χ0v) is 29.9. The number of likely N-dealkylation sites (tertiary alicyclic amines) is 1. The van der Waals surface area contributed by atoms with Gasteiger partial charge < -0.3 is 24.4 Å². The number of fused-ring (bicyclic) bond motifs is 1. The van der Waals surface area contributed by atoms with Crippen LogP contribution in [-0.2, 0) is 22.6 Å². The molecule has 0 bridgehead atoms. The largest absolute Gasteiger partial charge is 0.448 e. The number of unbranched alkanes of at least 4 members (excludes halogenated alkanes) is 1. The van der Waals surface area contributed by atoms with Crippen molar-refractivity contribution < 1.29 is 19.0 Å². The van der Waals surface area contributed by atoms with Crippen molar-refractivity contribution in [1.82, 2.24) is 24.9 Å². The number of ether oxygens (including phenoxy) is 3. The summed E-state index contributed by atoms with van der Waals surface area (Å²) in [7, 11) is 0. The van der Waals surface area contributed by atoms with Gasteiger partial charge in [0.05, 0.1) is 18.7 Å². The summed E-state index contributed by atoms with van der Waals surface area (Å²) in [5.74, 6) is 7.28. The van der Waals surface area contributed by atoms with E-state index in [1.807, 2.05) is 53.6 Å². The number of carbonyl (C=O) groups excluding carboxylic acids is 1. The maximum atomic E-state index is 13.6. The van der Waals surface area contributed by atoms with Gasteiger partial charge in [-0.3, -0.25) is 14.4 Å². The number of nitrogens with one attached hydrogen (secondary N) is 1. The van der Waals surface area contributed by atoms with Gasteiger partial charge in [0.2, 0.25) is 5.91 Å². The summed E-state index contributed by atoms with van der Waals surface area (Å²) < 4.78 is 20.6. The van der Waals surface area contributed by atoms with E-state index in [4.69, 9.17) is 25.8 Å². The molecule has 3 aliphatic rings. The molecule has 2 unspecified atom stereocenters. The minimum atomic E-state index is -0.740. The summed E-state index contributed by atoms with van der Waals surface area (Å²) in [5.41, 5.74) is 3.17. The summed E-state index contributed by atoms with van der Waals surface area (Å²) in [5, 5.41) is 8.71. The highest BCUT2D eigenvalue weighted by atomic mass is 35.5. The topological polar surface area (TPSA) is 81.1 Å². The summed E-state index contributed by atoms with van der Waals surface area (Å²) in [6.07, 6.45) is 8.09. The molecule has 1 N–H and O–H groups in total. The average Bonchev–Trinajstić information content (AvgIpc) is 3.68. The minimum Gasteiger partial charge on any atom is -0.448 e. The number of amides is 1. The molecule has 49 heavy (non-hydrogen) atoms. The third kappa shape index (κ3) is 9.37. The Morgan fingerprint density at radius 3 is 2.65 bits per heavy atom. The standard InChI is InChI=1S/C39H50ClN5O4/c1-29(2)37(33-10-12-34(40)13-11-33)38(46)44-19-15-39(16-20-44)48-35-14-9-31(24-36(35)49-39)8-4-6-22-47-23-7-5-18-45-28-32(25-42-45)27-43-21-17-41-30(3)26-43/h9-14,24-25,28-30,37,41H,5-7,15-23,26-27H2,1-3H3. The number of halogens is 1. The van der Waals surface area contributed by atoms with Gasteiger partial charge in [0.15, 0.2) is 11.5 Å². The Labute approximate surface area is 296 Å². The molecule has 6 rings (SSSR count). The minimum absolute atomic E-state index is 0.142. The van der Waals surface area contributed by atoms with E-state index in [-0.39, 0.29) is 17.7 Å². The van der Waals surface area contributed by atoms with Crippen LogP contribution in [0.5, 0.6) is 11.5 Å². The molecule has 1 amide bonds. The van der Waals surface area contributed by atoms with Gasteiger partial charge in [-0.1, -0.05) is 49.4 Å². The van der Waals surface area contributed by atoms with Gasteiger partial charge in [0, 0.05) is 100 Å². The lowest BCUT2D eigenvalue weighted by molar-refractivity contribution is -0.148. The molecule has 2 aromatic carbocycles. The number of benzene rings is 2. The summed E-state index contributed by atoms with van der Waals surface area (Å²) in [6, 6.07) is 14.0. The monoisotopic (exact) mass is 687 g/mol. The molecule has 2 saturated heterocycles. The summed E-state index contributed by atoms with van der Waals surface area (Å²) >= 11 is 6.09. The van der Waals surface area contributed by atoms with E-state index >= 15 is 0 Å². The molecule has 3 aliphatic heterocycles. The molecule has 1 spiro atoms. The fourth-order valence-corrected chi connectivity index (χ4v) is 7.14. The number of nitrogens with zero attached hydrogens (tertiary/aromatic N) is 4. The molecule has 0 aliphatic carbocycles. The highest BCUT2D eigenvalue weighted by Gasteiger charge is 2.46. The van der Waals surface area contributed by atoms with Crippen molar-refractivity contribution >= 4 is 17.5 Å². The molecular weight excluding hydrogens is 638 g/mol. The number of piperazine rings is 1. The van der Waals surface area contributed by atoms with Gasteiger partial charge in [-0.15, -0.1) is 0 Å². The summed E-state index contributed by atoms with van der Waals surface area (Å²) in [6.45, 7) is 14.0. The molecule has 10 heteroatoms. The highest BCUT2D eigenvalue weighted by molar-refractivity contribution is 6.30. The third-order valence-corrected chi connectivity index (χ3v) is 9.86. The Kier molecular flexibility index (Phi) is 11.8. The quantitative estimate of drug-likeness (QED) is 0.182. The number of rotatable bonds is 12. The predicted molar refractivity (Wildman–Crippen MR) is 192 cm³/mol. The van der Waals surface area contributed by atoms with Crippen molar-refractivity contribution in [3.05, 3.63) is 76.6 Å². The number of carbonyl (C=O) groups is 1. The van der Waals surface area contributed by atoms with Crippen LogP contribution in [0.2, 0.25) is 5.02 Å². The Bertz CT molecular complexity index is 1610.